The molecule has 3 aromatic carbocycles. The van der Waals surface area contributed by atoms with E-state index in [9.17, 15) is 18.0 Å². The quantitative estimate of drug-likeness (QED) is 0.283. The Kier molecular flexibility index (Phi) is 11.1. The van der Waals surface area contributed by atoms with Gasteiger partial charge in [0.25, 0.3) is 10.0 Å². The minimum atomic E-state index is -4.35. The van der Waals surface area contributed by atoms with E-state index in [1.54, 1.807) is 25.1 Å². The first-order valence-electron chi connectivity index (χ1n) is 12.4. The summed E-state index contributed by atoms with van der Waals surface area (Å²) in [5, 5.41) is 3.55. The molecule has 0 saturated heterocycles. The van der Waals surface area contributed by atoms with Crippen LogP contribution in [0.1, 0.15) is 18.9 Å². The highest BCUT2D eigenvalue weighted by molar-refractivity contribution is 7.92. The van der Waals surface area contributed by atoms with E-state index in [0.29, 0.717) is 26.4 Å². The van der Waals surface area contributed by atoms with Gasteiger partial charge in [0.05, 0.1) is 24.8 Å². The van der Waals surface area contributed by atoms with Crippen LogP contribution in [0.25, 0.3) is 0 Å². The Morgan fingerprint density at radius 1 is 0.927 bits per heavy atom. The van der Waals surface area contributed by atoms with Gasteiger partial charge in [-0.1, -0.05) is 47.8 Å². The van der Waals surface area contributed by atoms with Crippen molar-refractivity contribution in [3.8, 4) is 11.5 Å². The van der Waals surface area contributed by atoms with Crippen LogP contribution < -0.4 is 19.1 Å². The number of carbonyl (C=O) groups excluding carboxylic acids is 2. The molecule has 9 nitrogen and oxygen atoms in total. The molecule has 3 rings (SSSR count). The molecule has 0 fully saturated rings. The Bertz CT molecular complexity index is 1480. The number of ether oxygens (including phenoxy) is 2. The van der Waals surface area contributed by atoms with E-state index in [1.807, 2.05) is 0 Å². The number of nitrogens with zero attached hydrogens (tertiary/aromatic N) is 2. The fourth-order valence-corrected chi connectivity index (χ4v) is 6.25. The van der Waals surface area contributed by atoms with E-state index >= 15 is 0 Å². The number of benzene rings is 3. The van der Waals surface area contributed by atoms with Crippen molar-refractivity contribution >= 4 is 62.3 Å². The minimum absolute atomic E-state index is 0.131. The minimum Gasteiger partial charge on any atom is -0.493 e. The van der Waals surface area contributed by atoms with Gasteiger partial charge in [-0.3, -0.25) is 13.9 Å². The van der Waals surface area contributed by atoms with E-state index in [4.69, 9.17) is 44.3 Å². The van der Waals surface area contributed by atoms with Crippen LogP contribution in [0.3, 0.4) is 0 Å². The van der Waals surface area contributed by atoms with E-state index in [1.165, 1.54) is 68.6 Å². The van der Waals surface area contributed by atoms with Gasteiger partial charge >= 0.3 is 0 Å². The molecule has 41 heavy (non-hydrogen) atoms. The van der Waals surface area contributed by atoms with Gasteiger partial charge in [-0.05, 0) is 55.0 Å². The Morgan fingerprint density at radius 2 is 1.54 bits per heavy atom. The molecule has 1 atom stereocenters. The summed E-state index contributed by atoms with van der Waals surface area (Å²) in [6.45, 7) is 0.966. The van der Waals surface area contributed by atoms with Crippen LogP contribution in [0, 0.1) is 0 Å². The summed E-state index contributed by atoms with van der Waals surface area (Å²) in [7, 11) is -0.0733. The van der Waals surface area contributed by atoms with Crippen molar-refractivity contribution in [1.29, 1.82) is 0 Å². The van der Waals surface area contributed by atoms with Crippen LogP contribution in [-0.2, 0) is 26.2 Å². The van der Waals surface area contributed by atoms with Crippen LogP contribution >= 0.6 is 34.8 Å². The van der Waals surface area contributed by atoms with Gasteiger partial charge in [0.2, 0.25) is 11.8 Å². The molecule has 0 aliphatic rings. The summed E-state index contributed by atoms with van der Waals surface area (Å²) >= 11 is 18.9. The maximum absolute atomic E-state index is 14.0. The average Bonchev–Trinajstić information content (AvgIpc) is 2.96. The van der Waals surface area contributed by atoms with Crippen molar-refractivity contribution in [1.82, 2.24) is 10.2 Å². The SMILES string of the molecule is CCC(C(=O)NC)N(Cc1c(Cl)cccc1Cl)C(=O)CN(c1ccc(Cl)cc1)S(=O)(=O)c1ccc(OC)c(OC)c1. The molecular weight excluding hydrogens is 613 g/mol. The molecule has 2 amide bonds. The summed E-state index contributed by atoms with van der Waals surface area (Å²) in [4.78, 5) is 28.0. The molecule has 0 heterocycles. The lowest BCUT2D eigenvalue weighted by Crippen LogP contribution is -2.51. The second-order valence-electron chi connectivity index (χ2n) is 8.77. The molecule has 13 heteroatoms. The standard InChI is InChI=1S/C28H30Cl3N3O6S/c1-5-24(28(36)32-2)33(16-21-22(30)7-6-8-23(21)31)27(35)17-34(19-11-9-18(29)10-12-19)41(37,38)20-13-14-25(39-3)26(15-20)40-4/h6-15,24H,5,16-17H2,1-4H3,(H,32,36). The Labute approximate surface area is 254 Å². The second kappa shape index (κ2) is 14.1. The molecule has 1 unspecified atom stereocenters. The average molecular weight is 643 g/mol. The maximum atomic E-state index is 14.0. The molecular formula is C28H30Cl3N3O6S. The highest BCUT2D eigenvalue weighted by atomic mass is 35.5. The molecule has 3 aromatic rings. The van der Waals surface area contributed by atoms with Crippen LogP contribution in [-0.4, -0.2) is 59.0 Å². The summed E-state index contributed by atoms with van der Waals surface area (Å²) in [6.07, 6.45) is 0.247. The van der Waals surface area contributed by atoms with Gasteiger partial charge in [0.15, 0.2) is 11.5 Å². The smallest absolute Gasteiger partial charge is 0.264 e. The third-order valence-electron chi connectivity index (χ3n) is 6.36. The highest BCUT2D eigenvalue weighted by Crippen LogP contribution is 2.33. The number of carbonyl (C=O) groups is 2. The second-order valence-corrected chi connectivity index (χ2v) is 11.9. The van der Waals surface area contributed by atoms with Gasteiger partial charge in [-0.25, -0.2) is 8.42 Å². The lowest BCUT2D eigenvalue weighted by Gasteiger charge is -2.33. The summed E-state index contributed by atoms with van der Waals surface area (Å²) in [6, 6.07) is 14.1. The topological polar surface area (TPSA) is 105 Å². The lowest BCUT2D eigenvalue weighted by molar-refractivity contribution is -0.140. The number of amides is 2. The monoisotopic (exact) mass is 641 g/mol. The molecule has 1 N–H and O–H groups in total. The first kappa shape index (κ1) is 32.3. The lowest BCUT2D eigenvalue weighted by atomic mass is 10.1. The van der Waals surface area contributed by atoms with E-state index in [2.05, 4.69) is 5.32 Å². The number of likely N-dealkylation sites (N-methyl/N-ethyl adjacent to an activating group) is 1. The zero-order chi connectivity index (χ0) is 30.3. The highest BCUT2D eigenvalue weighted by Gasteiger charge is 2.34. The van der Waals surface area contributed by atoms with Crippen molar-refractivity contribution in [2.24, 2.45) is 0 Å². The molecule has 0 bridgehead atoms. The van der Waals surface area contributed by atoms with Gasteiger partial charge in [-0.2, -0.15) is 0 Å². The molecule has 0 aliphatic heterocycles. The molecule has 0 spiro atoms. The number of nitrogens with one attached hydrogen (secondary N) is 1. The molecule has 220 valence electrons. The Balaban J connectivity index is 2.13. The maximum Gasteiger partial charge on any atom is 0.264 e. The summed E-state index contributed by atoms with van der Waals surface area (Å²) in [5.74, 6) is -0.559. The predicted octanol–water partition coefficient (Wildman–Crippen LogP) is 5.41. The third kappa shape index (κ3) is 7.37. The zero-order valence-electron chi connectivity index (χ0n) is 22.9. The number of hydrogen-bond donors (Lipinski definition) is 1. The molecule has 0 saturated carbocycles. The number of sulfonamides is 1. The van der Waals surface area contributed by atoms with Crippen molar-refractivity contribution < 1.29 is 27.5 Å². The van der Waals surface area contributed by atoms with Gasteiger partial charge < -0.3 is 19.7 Å². The fraction of sp³-hybridized carbons (Fsp3) is 0.286. The number of rotatable bonds is 12. The largest absolute Gasteiger partial charge is 0.493 e. The van der Waals surface area contributed by atoms with Crippen LogP contribution in [0.5, 0.6) is 11.5 Å². The predicted molar refractivity (Wildman–Crippen MR) is 161 cm³/mol. The third-order valence-corrected chi connectivity index (χ3v) is 9.09. The van der Waals surface area contributed by atoms with Crippen LogP contribution in [0.15, 0.2) is 65.6 Å². The molecule has 0 aromatic heterocycles. The molecule has 0 radical (unpaired) electrons. The molecule has 0 aliphatic carbocycles. The van der Waals surface area contributed by atoms with Crippen LogP contribution in [0.2, 0.25) is 15.1 Å². The zero-order valence-corrected chi connectivity index (χ0v) is 25.9. The Morgan fingerprint density at radius 3 is 2.07 bits per heavy atom. The Hall–Kier alpha value is -3.18. The number of anilines is 1. The number of methoxy groups -OCH3 is 2. The summed E-state index contributed by atoms with van der Waals surface area (Å²) in [5.41, 5.74) is 0.605. The van der Waals surface area contributed by atoms with Crippen molar-refractivity contribution in [2.45, 2.75) is 30.8 Å². The van der Waals surface area contributed by atoms with Crippen molar-refractivity contribution in [3.05, 3.63) is 81.3 Å². The van der Waals surface area contributed by atoms with Crippen LogP contribution in [0.4, 0.5) is 5.69 Å². The van der Waals surface area contributed by atoms with Gasteiger partial charge in [0.1, 0.15) is 12.6 Å². The van der Waals surface area contributed by atoms with E-state index in [-0.39, 0.29) is 29.3 Å². The van der Waals surface area contributed by atoms with Gasteiger partial charge in [0, 0.05) is 40.3 Å². The first-order chi connectivity index (χ1) is 19.5. The summed E-state index contributed by atoms with van der Waals surface area (Å²) < 4.78 is 39.6. The van der Waals surface area contributed by atoms with Crippen molar-refractivity contribution in [2.75, 3.05) is 32.1 Å². The van der Waals surface area contributed by atoms with E-state index in [0.717, 1.165) is 4.31 Å². The number of hydrogen-bond acceptors (Lipinski definition) is 6. The first-order valence-corrected chi connectivity index (χ1v) is 15.0. The fourth-order valence-electron chi connectivity index (χ4n) is 4.18. The normalized spacial score (nSPS) is 11.9. The number of halogens is 3. The van der Waals surface area contributed by atoms with Gasteiger partial charge in [-0.15, -0.1) is 0 Å². The van der Waals surface area contributed by atoms with Crippen molar-refractivity contribution in [3.63, 3.8) is 0 Å². The van der Waals surface area contributed by atoms with E-state index < -0.39 is 34.4 Å².